The zero-order valence-corrected chi connectivity index (χ0v) is 9.50. The van der Waals surface area contributed by atoms with E-state index in [1.165, 1.54) is 0 Å². The number of thiocarbonyl (C=S) groups is 1. The summed E-state index contributed by atoms with van der Waals surface area (Å²) in [5.41, 5.74) is 0. The molecular weight excluding hydrogens is 208 g/mol. The first-order valence-electron chi connectivity index (χ1n) is 4.22. The molecule has 0 heterocycles. The van der Waals surface area contributed by atoms with E-state index in [-0.39, 0.29) is 9.68 Å². The number of rotatable bonds is 4. The van der Waals surface area contributed by atoms with E-state index < -0.39 is 0 Å². The minimum absolute atomic E-state index is 0.239. The zero-order valence-electron chi connectivity index (χ0n) is 7.87. The minimum Gasteiger partial charge on any atom is -0.478 e. The molecule has 0 aromatic rings. The average Bonchev–Trinajstić information content (AvgIpc) is 2.11. The smallest absolute Gasteiger partial charge is 0.375 e. The van der Waals surface area contributed by atoms with E-state index in [0.29, 0.717) is 13.2 Å². The molecule has 0 aliphatic carbocycles. The lowest BCUT2D eigenvalue weighted by atomic mass is 10.5. The molecule has 0 fully saturated rings. The van der Waals surface area contributed by atoms with Crippen molar-refractivity contribution in [3.05, 3.63) is 0 Å². The molecule has 0 bridgehead atoms. The van der Waals surface area contributed by atoms with Gasteiger partial charge in [0.15, 0.2) is 0 Å². The van der Waals surface area contributed by atoms with Crippen molar-refractivity contribution in [1.82, 2.24) is 0 Å². The topological polar surface area (TPSA) is 35.5 Å². The molecular formula is C8H14O3S2. The van der Waals surface area contributed by atoms with Crippen LogP contribution in [0, 0.1) is 0 Å². The molecule has 0 aliphatic heterocycles. The van der Waals surface area contributed by atoms with Crippen LogP contribution in [0.5, 0.6) is 0 Å². The average molecular weight is 222 g/mol. The van der Waals surface area contributed by atoms with E-state index >= 15 is 0 Å². The lowest BCUT2D eigenvalue weighted by Gasteiger charge is -2.04. The third-order valence-corrected chi connectivity index (χ3v) is 1.95. The molecule has 0 aliphatic rings. The molecule has 0 spiro atoms. The van der Waals surface area contributed by atoms with E-state index in [0.717, 1.165) is 24.6 Å². The Morgan fingerprint density at radius 3 is 2.31 bits per heavy atom. The highest BCUT2D eigenvalue weighted by atomic mass is 32.2. The Morgan fingerprint density at radius 2 is 1.77 bits per heavy atom. The summed E-state index contributed by atoms with van der Waals surface area (Å²) in [5.74, 6) is 0. The Hall–Kier alpha value is -0.290. The van der Waals surface area contributed by atoms with Crippen LogP contribution >= 0.6 is 24.0 Å². The molecule has 5 heteroatoms. The fourth-order valence-corrected chi connectivity index (χ4v) is 1.21. The van der Waals surface area contributed by atoms with Gasteiger partial charge in [0.05, 0.1) is 13.2 Å². The van der Waals surface area contributed by atoms with Gasteiger partial charge in [0.2, 0.25) is 4.38 Å². The van der Waals surface area contributed by atoms with Gasteiger partial charge in [0.1, 0.15) is 0 Å². The first-order valence-corrected chi connectivity index (χ1v) is 5.44. The second kappa shape index (κ2) is 8.31. The summed E-state index contributed by atoms with van der Waals surface area (Å²) in [5, 5.41) is -0.386. The van der Waals surface area contributed by atoms with Crippen molar-refractivity contribution in [3.8, 4) is 0 Å². The maximum atomic E-state index is 10.9. The van der Waals surface area contributed by atoms with Gasteiger partial charge in [-0.2, -0.15) is 0 Å². The summed E-state index contributed by atoms with van der Waals surface area (Å²) in [7, 11) is 0. The Kier molecular flexibility index (Phi) is 8.13. The van der Waals surface area contributed by atoms with Gasteiger partial charge < -0.3 is 9.47 Å². The summed E-state index contributed by atoms with van der Waals surface area (Å²) >= 11 is 5.61. The summed E-state index contributed by atoms with van der Waals surface area (Å²) < 4.78 is 10.1. The number of ether oxygens (including phenoxy) is 2. The summed E-state index contributed by atoms with van der Waals surface area (Å²) in [6, 6.07) is 0. The van der Waals surface area contributed by atoms with Crippen LogP contribution in [0.3, 0.4) is 0 Å². The monoisotopic (exact) mass is 222 g/mol. The molecule has 0 radical (unpaired) electrons. The minimum atomic E-state index is -0.386. The van der Waals surface area contributed by atoms with Gasteiger partial charge in [-0.15, -0.1) is 0 Å². The van der Waals surface area contributed by atoms with E-state index in [2.05, 4.69) is 0 Å². The number of carbonyl (C=O) groups excluding carboxylic acids is 1. The number of hydrogen-bond acceptors (Lipinski definition) is 5. The first-order chi connectivity index (χ1) is 6.20. The van der Waals surface area contributed by atoms with Gasteiger partial charge in [-0.25, -0.2) is 4.79 Å². The van der Waals surface area contributed by atoms with Gasteiger partial charge in [-0.3, -0.25) is 0 Å². The molecule has 0 aromatic carbocycles. The highest BCUT2D eigenvalue weighted by molar-refractivity contribution is 8.32. The molecule has 3 nitrogen and oxygen atoms in total. The molecule has 0 rings (SSSR count). The summed E-state index contributed by atoms with van der Waals surface area (Å²) in [6.07, 6.45) is 1.69. The number of hydrogen-bond donors (Lipinski definition) is 0. The number of carbonyl (C=O) groups is 1. The predicted molar refractivity (Wildman–Crippen MR) is 58.1 cm³/mol. The standard InChI is InChI=1S/C8H14O3S2/c1-3-5-10-7(9)13-8(12)11-6-4-2/h3-6H2,1-2H3. The lowest BCUT2D eigenvalue weighted by molar-refractivity contribution is 0.175. The molecule has 0 amide bonds. The van der Waals surface area contributed by atoms with Gasteiger partial charge in [0, 0.05) is 11.8 Å². The zero-order chi connectivity index (χ0) is 10.1. The molecule has 0 atom stereocenters. The quantitative estimate of drug-likeness (QED) is 0.540. The maximum Gasteiger partial charge on any atom is 0.375 e. The van der Waals surface area contributed by atoms with Crippen molar-refractivity contribution in [2.45, 2.75) is 26.7 Å². The molecule has 13 heavy (non-hydrogen) atoms. The van der Waals surface area contributed by atoms with Gasteiger partial charge >= 0.3 is 5.30 Å². The molecule has 0 aromatic heterocycles. The van der Waals surface area contributed by atoms with Gasteiger partial charge in [-0.05, 0) is 25.1 Å². The third kappa shape index (κ3) is 8.05. The van der Waals surface area contributed by atoms with Crippen LogP contribution < -0.4 is 0 Å². The normalized spacial score (nSPS) is 9.38. The highest BCUT2D eigenvalue weighted by Gasteiger charge is 2.08. The van der Waals surface area contributed by atoms with E-state index in [1.807, 2.05) is 13.8 Å². The summed E-state index contributed by atoms with van der Waals surface area (Å²) in [6.45, 7) is 4.89. The van der Waals surface area contributed by atoms with Gasteiger partial charge in [0.25, 0.3) is 0 Å². The highest BCUT2D eigenvalue weighted by Crippen LogP contribution is 2.10. The first kappa shape index (κ1) is 12.7. The van der Waals surface area contributed by atoms with Crippen LogP contribution in [0.25, 0.3) is 0 Å². The Morgan fingerprint density at radius 1 is 1.23 bits per heavy atom. The Balaban J connectivity index is 3.47. The van der Waals surface area contributed by atoms with Crippen LogP contribution in [-0.2, 0) is 9.47 Å². The fraction of sp³-hybridized carbons (Fsp3) is 0.750. The van der Waals surface area contributed by atoms with Crippen LogP contribution in [-0.4, -0.2) is 22.9 Å². The van der Waals surface area contributed by atoms with Crippen LogP contribution in [0.1, 0.15) is 26.7 Å². The lowest BCUT2D eigenvalue weighted by Crippen LogP contribution is -2.05. The molecule has 0 saturated heterocycles. The molecule has 0 N–H and O–H groups in total. The van der Waals surface area contributed by atoms with Crippen molar-refractivity contribution < 1.29 is 14.3 Å². The van der Waals surface area contributed by atoms with Crippen molar-refractivity contribution in [2.75, 3.05) is 13.2 Å². The Bertz CT molecular complexity index is 153. The molecule has 0 saturated carbocycles. The van der Waals surface area contributed by atoms with Crippen molar-refractivity contribution in [2.24, 2.45) is 0 Å². The van der Waals surface area contributed by atoms with E-state index in [4.69, 9.17) is 21.7 Å². The van der Waals surface area contributed by atoms with Crippen molar-refractivity contribution in [3.63, 3.8) is 0 Å². The Labute approximate surface area is 88.2 Å². The van der Waals surface area contributed by atoms with Crippen molar-refractivity contribution >= 4 is 33.7 Å². The second-order valence-electron chi connectivity index (χ2n) is 2.30. The molecule has 76 valence electrons. The van der Waals surface area contributed by atoms with Crippen LogP contribution in [0.4, 0.5) is 4.79 Å². The largest absolute Gasteiger partial charge is 0.478 e. The SMILES string of the molecule is CCCOC(=O)SC(=S)OCCC. The van der Waals surface area contributed by atoms with Crippen LogP contribution in [0.2, 0.25) is 0 Å². The molecule has 0 unspecified atom stereocenters. The predicted octanol–water partition coefficient (Wildman–Crippen LogP) is 2.98. The van der Waals surface area contributed by atoms with Crippen LogP contribution in [0.15, 0.2) is 0 Å². The fourth-order valence-electron chi connectivity index (χ4n) is 0.498. The van der Waals surface area contributed by atoms with Crippen molar-refractivity contribution in [1.29, 1.82) is 0 Å². The second-order valence-corrected chi connectivity index (χ2v) is 3.84. The summed E-state index contributed by atoms with van der Waals surface area (Å²) in [4.78, 5) is 10.9. The van der Waals surface area contributed by atoms with E-state index in [9.17, 15) is 4.79 Å². The number of thioether (sulfide) groups is 1. The maximum absolute atomic E-state index is 10.9. The third-order valence-electron chi connectivity index (χ3n) is 1.01. The van der Waals surface area contributed by atoms with E-state index in [1.54, 1.807) is 0 Å². The van der Waals surface area contributed by atoms with Gasteiger partial charge in [-0.1, -0.05) is 13.8 Å².